The van der Waals surface area contributed by atoms with E-state index in [1.165, 1.54) is 6.92 Å². The van der Waals surface area contributed by atoms with Crippen LogP contribution < -0.4 is 4.74 Å². The topological polar surface area (TPSA) is 50.1 Å². The zero-order valence-electron chi connectivity index (χ0n) is 10.9. The van der Waals surface area contributed by atoms with E-state index in [4.69, 9.17) is 10.00 Å². The fourth-order valence-electron chi connectivity index (χ4n) is 1.77. The Morgan fingerprint density at radius 2 is 2.00 bits per heavy atom. The molecule has 0 unspecified atom stereocenters. The highest BCUT2D eigenvalue weighted by Crippen LogP contribution is 2.28. The van der Waals surface area contributed by atoms with Crippen LogP contribution in [0, 0.1) is 11.3 Å². The molecule has 2 aromatic carbocycles. The van der Waals surface area contributed by atoms with Crippen molar-refractivity contribution in [2.45, 2.75) is 13.5 Å². The number of nitriles is 1. The van der Waals surface area contributed by atoms with E-state index in [9.17, 15) is 4.79 Å². The van der Waals surface area contributed by atoms with Crippen molar-refractivity contribution in [2.75, 3.05) is 0 Å². The Morgan fingerprint density at radius 1 is 1.30 bits per heavy atom. The van der Waals surface area contributed by atoms with Crippen LogP contribution in [0.4, 0.5) is 0 Å². The van der Waals surface area contributed by atoms with Gasteiger partial charge in [0.2, 0.25) is 0 Å². The molecule has 0 saturated carbocycles. The number of Topliss-reactive ketones (excluding diaryl/α,β-unsaturated/α-hetero) is 1. The van der Waals surface area contributed by atoms with E-state index >= 15 is 0 Å². The number of ketones is 1. The highest BCUT2D eigenvalue weighted by molar-refractivity contribution is 9.10. The van der Waals surface area contributed by atoms with E-state index in [-0.39, 0.29) is 5.78 Å². The van der Waals surface area contributed by atoms with Crippen molar-refractivity contribution in [3.05, 3.63) is 63.6 Å². The van der Waals surface area contributed by atoms with E-state index in [0.29, 0.717) is 28.0 Å². The number of halogens is 1. The average Bonchev–Trinajstić information content (AvgIpc) is 2.46. The van der Waals surface area contributed by atoms with Gasteiger partial charge in [-0.1, -0.05) is 30.3 Å². The summed E-state index contributed by atoms with van der Waals surface area (Å²) in [7, 11) is 0. The second-order valence-electron chi connectivity index (χ2n) is 4.27. The molecule has 3 nitrogen and oxygen atoms in total. The zero-order valence-corrected chi connectivity index (χ0v) is 12.5. The number of benzene rings is 2. The average molecular weight is 330 g/mol. The van der Waals surface area contributed by atoms with E-state index in [2.05, 4.69) is 22.0 Å². The highest BCUT2D eigenvalue weighted by atomic mass is 79.9. The largest absolute Gasteiger partial charge is 0.487 e. The molecular weight excluding hydrogens is 318 g/mol. The predicted octanol–water partition coefficient (Wildman–Crippen LogP) is 4.10. The lowest BCUT2D eigenvalue weighted by atomic mass is 10.1. The van der Waals surface area contributed by atoms with E-state index in [1.807, 2.05) is 30.3 Å². The van der Waals surface area contributed by atoms with Crippen molar-refractivity contribution in [3.63, 3.8) is 0 Å². The number of ether oxygens (including phenoxy) is 1. The second kappa shape index (κ2) is 6.36. The maximum Gasteiger partial charge on any atom is 0.160 e. The van der Waals surface area contributed by atoms with Crippen LogP contribution >= 0.6 is 15.9 Å². The third-order valence-corrected chi connectivity index (χ3v) is 3.46. The molecule has 0 aliphatic rings. The number of rotatable bonds is 4. The van der Waals surface area contributed by atoms with E-state index in [1.54, 1.807) is 12.1 Å². The van der Waals surface area contributed by atoms with Gasteiger partial charge in [0.1, 0.15) is 18.4 Å². The Morgan fingerprint density at radius 3 is 2.60 bits per heavy atom. The molecule has 0 aliphatic heterocycles. The number of hydrogen-bond donors (Lipinski definition) is 0. The minimum absolute atomic E-state index is 0.0945. The van der Waals surface area contributed by atoms with Crippen LogP contribution in [0.15, 0.2) is 46.9 Å². The van der Waals surface area contributed by atoms with Gasteiger partial charge in [0.25, 0.3) is 0 Å². The molecule has 100 valence electrons. The predicted molar refractivity (Wildman–Crippen MR) is 79.6 cm³/mol. The summed E-state index contributed by atoms with van der Waals surface area (Å²) in [6.45, 7) is 1.84. The molecule has 20 heavy (non-hydrogen) atoms. The summed E-state index contributed by atoms with van der Waals surface area (Å²) in [5.74, 6) is 0.371. The maximum atomic E-state index is 11.4. The lowest BCUT2D eigenvalue weighted by Crippen LogP contribution is -2.00. The van der Waals surface area contributed by atoms with Crippen molar-refractivity contribution in [2.24, 2.45) is 0 Å². The lowest BCUT2D eigenvalue weighted by Gasteiger charge is -2.10. The Hall–Kier alpha value is -2.12. The van der Waals surface area contributed by atoms with Crippen molar-refractivity contribution in [1.29, 1.82) is 5.26 Å². The molecule has 0 aromatic heterocycles. The van der Waals surface area contributed by atoms with Crippen LogP contribution in [0.1, 0.15) is 28.4 Å². The van der Waals surface area contributed by atoms with E-state index in [0.717, 1.165) is 5.56 Å². The van der Waals surface area contributed by atoms with Gasteiger partial charge >= 0.3 is 0 Å². The first-order valence-corrected chi connectivity index (χ1v) is 6.82. The molecular formula is C16H12BrNO2. The van der Waals surface area contributed by atoms with Crippen LogP contribution in [0.25, 0.3) is 0 Å². The summed E-state index contributed by atoms with van der Waals surface area (Å²) in [4.78, 5) is 11.4. The summed E-state index contributed by atoms with van der Waals surface area (Å²) in [6, 6.07) is 15.0. The van der Waals surface area contributed by atoms with Gasteiger partial charge in [-0.2, -0.15) is 5.26 Å². The molecule has 0 radical (unpaired) electrons. The molecule has 0 aliphatic carbocycles. The van der Waals surface area contributed by atoms with Gasteiger partial charge in [-0.05, 0) is 40.5 Å². The fourth-order valence-corrected chi connectivity index (χ4v) is 2.37. The zero-order chi connectivity index (χ0) is 14.5. The summed E-state index contributed by atoms with van der Waals surface area (Å²) in [6.07, 6.45) is 0. The summed E-state index contributed by atoms with van der Waals surface area (Å²) >= 11 is 3.33. The van der Waals surface area contributed by atoms with Crippen LogP contribution in [-0.2, 0) is 6.61 Å². The smallest absolute Gasteiger partial charge is 0.160 e. The molecule has 4 heteroatoms. The SMILES string of the molecule is CC(=O)c1cc(C#N)c(OCc2ccccc2)cc1Br. The quantitative estimate of drug-likeness (QED) is 0.793. The summed E-state index contributed by atoms with van der Waals surface area (Å²) < 4.78 is 6.30. The first-order valence-electron chi connectivity index (χ1n) is 6.03. The third kappa shape index (κ3) is 3.25. The molecule has 2 rings (SSSR count). The van der Waals surface area contributed by atoms with E-state index < -0.39 is 0 Å². The lowest BCUT2D eigenvalue weighted by molar-refractivity contribution is 0.101. The normalized spacial score (nSPS) is 9.85. The molecule has 0 heterocycles. The van der Waals surface area contributed by atoms with Gasteiger partial charge in [-0.3, -0.25) is 4.79 Å². The number of carbonyl (C=O) groups excluding carboxylic acids is 1. The van der Waals surface area contributed by atoms with Gasteiger partial charge in [-0.15, -0.1) is 0 Å². The van der Waals surface area contributed by atoms with Crippen LogP contribution in [0.2, 0.25) is 0 Å². The summed E-state index contributed by atoms with van der Waals surface area (Å²) in [5, 5.41) is 9.16. The van der Waals surface area contributed by atoms with Crippen molar-refractivity contribution < 1.29 is 9.53 Å². The van der Waals surface area contributed by atoms with Gasteiger partial charge in [0, 0.05) is 10.0 Å². The van der Waals surface area contributed by atoms with Gasteiger partial charge in [0.05, 0.1) is 5.56 Å². The maximum absolute atomic E-state index is 11.4. The van der Waals surface area contributed by atoms with Crippen molar-refractivity contribution in [3.8, 4) is 11.8 Å². The van der Waals surface area contributed by atoms with Crippen molar-refractivity contribution >= 4 is 21.7 Å². The minimum Gasteiger partial charge on any atom is -0.487 e. The highest BCUT2D eigenvalue weighted by Gasteiger charge is 2.12. The third-order valence-electron chi connectivity index (χ3n) is 2.81. The van der Waals surface area contributed by atoms with Gasteiger partial charge in [0.15, 0.2) is 5.78 Å². The van der Waals surface area contributed by atoms with Crippen LogP contribution in [0.5, 0.6) is 5.75 Å². The first-order chi connectivity index (χ1) is 9.61. The molecule has 0 atom stereocenters. The molecule has 0 bridgehead atoms. The minimum atomic E-state index is -0.0945. The molecule has 0 amide bonds. The van der Waals surface area contributed by atoms with Crippen LogP contribution in [-0.4, -0.2) is 5.78 Å². The Balaban J connectivity index is 2.26. The number of carbonyl (C=O) groups is 1. The second-order valence-corrected chi connectivity index (χ2v) is 5.12. The van der Waals surface area contributed by atoms with Gasteiger partial charge in [-0.25, -0.2) is 0 Å². The fraction of sp³-hybridized carbons (Fsp3) is 0.125. The summed E-state index contributed by atoms with van der Waals surface area (Å²) in [5.41, 5.74) is 1.85. The molecule has 2 aromatic rings. The standard InChI is InChI=1S/C16H12BrNO2/c1-11(19)14-7-13(9-18)16(8-15(14)17)20-10-12-5-3-2-4-6-12/h2-8H,10H2,1H3. The molecule has 0 saturated heterocycles. The van der Waals surface area contributed by atoms with Crippen LogP contribution in [0.3, 0.4) is 0 Å². The first kappa shape index (κ1) is 14.3. The number of nitrogens with zero attached hydrogens (tertiary/aromatic N) is 1. The molecule has 0 N–H and O–H groups in total. The van der Waals surface area contributed by atoms with Gasteiger partial charge < -0.3 is 4.74 Å². The van der Waals surface area contributed by atoms with Crippen molar-refractivity contribution in [1.82, 2.24) is 0 Å². The Kier molecular flexibility index (Phi) is 4.54. The Bertz CT molecular complexity index is 675. The monoisotopic (exact) mass is 329 g/mol. The molecule has 0 fully saturated rings. The Labute approximate surface area is 125 Å². The number of hydrogen-bond acceptors (Lipinski definition) is 3. The molecule has 0 spiro atoms.